The molecule has 20 heavy (non-hydrogen) atoms. The maximum atomic E-state index is 6.33. The molecule has 0 saturated heterocycles. The van der Waals surface area contributed by atoms with Crippen LogP contribution in [-0.2, 0) is 0 Å². The largest absolute Gasteiger partial charge is 0.295 e. The molecule has 0 radical (unpaired) electrons. The zero-order valence-electron chi connectivity index (χ0n) is 11.9. The molecule has 1 heterocycles. The summed E-state index contributed by atoms with van der Waals surface area (Å²) in [5, 5.41) is -0.136. The molecule has 0 amide bonds. The summed E-state index contributed by atoms with van der Waals surface area (Å²) in [6, 6.07) is 14.7. The van der Waals surface area contributed by atoms with E-state index in [0.29, 0.717) is 0 Å². The fourth-order valence-electron chi connectivity index (χ4n) is 2.51. The monoisotopic (exact) mass is 284 g/mol. The number of aryl methyl sites for hydroxylation is 2. The molecule has 1 atom stereocenters. The lowest BCUT2D eigenvalue weighted by Gasteiger charge is -2.11. The third kappa shape index (κ3) is 2.20. The minimum atomic E-state index is -0.136. The van der Waals surface area contributed by atoms with Crippen molar-refractivity contribution >= 4 is 22.6 Å². The van der Waals surface area contributed by atoms with Crippen LogP contribution < -0.4 is 0 Å². The lowest BCUT2D eigenvalue weighted by molar-refractivity contribution is 0.882. The van der Waals surface area contributed by atoms with Crippen molar-refractivity contribution < 1.29 is 0 Å². The normalized spacial score (nSPS) is 12.8. The molecule has 2 aromatic carbocycles. The van der Waals surface area contributed by atoms with E-state index in [4.69, 9.17) is 16.6 Å². The van der Waals surface area contributed by atoms with E-state index >= 15 is 0 Å². The van der Waals surface area contributed by atoms with E-state index in [0.717, 1.165) is 22.5 Å². The van der Waals surface area contributed by atoms with Gasteiger partial charge in [-0.3, -0.25) is 4.57 Å². The molecule has 0 aliphatic carbocycles. The van der Waals surface area contributed by atoms with Crippen LogP contribution in [0.25, 0.3) is 16.7 Å². The van der Waals surface area contributed by atoms with Gasteiger partial charge in [-0.1, -0.05) is 18.2 Å². The van der Waals surface area contributed by atoms with Crippen molar-refractivity contribution in [2.24, 2.45) is 0 Å². The molecule has 0 bridgehead atoms. The summed E-state index contributed by atoms with van der Waals surface area (Å²) in [5.41, 5.74) is 5.66. The van der Waals surface area contributed by atoms with E-state index in [1.807, 2.05) is 6.92 Å². The van der Waals surface area contributed by atoms with Gasteiger partial charge in [0.25, 0.3) is 0 Å². The van der Waals surface area contributed by atoms with Gasteiger partial charge in [0.05, 0.1) is 16.4 Å². The number of alkyl halides is 1. The summed E-state index contributed by atoms with van der Waals surface area (Å²) < 4.78 is 2.16. The Morgan fingerprint density at radius 3 is 2.50 bits per heavy atom. The number of aromatic nitrogens is 2. The first kappa shape index (κ1) is 13.2. The van der Waals surface area contributed by atoms with E-state index in [1.165, 1.54) is 11.1 Å². The topological polar surface area (TPSA) is 17.8 Å². The number of nitrogens with zero attached hydrogens (tertiary/aromatic N) is 2. The first-order valence-electron chi connectivity index (χ1n) is 6.76. The zero-order valence-corrected chi connectivity index (χ0v) is 12.6. The fraction of sp³-hybridized carbons (Fsp3) is 0.235. The number of hydrogen-bond donors (Lipinski definition) is 0. The average molecular weight is 285 g/mol. The Balaban J connectivity index is 2.36. The standard InChI is InChI=1S/C17H17ClN2/c1-11-5-4-6-14(9-11)20-16-10-12(2)7-8-15(16)19-17(20)13(3)18/h4-10,13H,1-3H3. The minimum absolute atomic E-state index is 0.136. The molecule has 0 aliphatic rings. The summed E-state index contributed by atoms with van der Waals surface area (Å²) in [4.78, 5) is 4.69. The molecule has 0 spiro atoms. The van der Waals surface area contributed by atoms with Gasteiger partial charge in [-0.25, -0.2) is 4.98 Å². The fourth-order valence-corrected chi connectivity index (χ4v) is 2.66. The van der Waals surface area contributed by atoms with Crippen molar-refractivity contribution in [3.8, 4) is 5.69 Å². The van der Waals surface area contributed by atoms with Gasteiger partial charge in [-0.05, 0) is 56.2 Å². The van der Waals surface area contributed by atoms with Crippen LogP contribution in [-0.4, -0.2) is 9.55 Å². The summed E-state index contributed by atoms with van der Waals surface area (Å²) in [6.07, 6.45) is 0. The van der Waals surface area contributed by atoms with Gasteiger partial charge in [0.2, 0.25) is 0 Å². The van der Waals surface area contributed by atoms with Gasteiger partial charge in [0.1, 0.15) is 5.82 Å². The van der Waals surface area contributed by atoms with Gasteiger partial charge in [0, 0.05) is 5.69 Å². The number of fused-ring (bicyclic) bond motifs is 1. The second-order valence-electron chi connectivity index (χ2n) is 5.25. The highest BCUT2D eigenvalue weighted by Gasteiger charge is 2.16. The van der Waals surface area contributed by atoms with Gasteiger partial charge in [-0.15, -0.1) is 11.6 Å². The van der Waals surface area contributed by atoms with E-state index in [9.17, 15) is 0 Å². The SMILES string of the molecule is Cc1cccc(-n2c(C(C)Cl)nc3ccc(C)cc32)c1. The first-order chi connectivity index (χ1) is 9.56. The van der Waals surface area contributed by atoms with Crippen molar-refractivity contribution in [2.75, 3.05) is 0 Å². The Hall–Kier alpha value is -1.80. The zero-order chi connectivity index (χ0) is 14.3. The van der Waals surface area contributed by atoms with Crippen LogP contribution in [0.15, 0.2) is 42.5 Å². The molecule has 3 rings (SSSR count). The summed E-state index contributed by atoms with van der Waals surface area (Å²) in [7, 11) is 0. The van der Waals surface area contributed by atoms with Crippen molar-refractivity contribution in [1.29, 1.82) is 0 Å². The van der Waals surface area contributed by atoms with Gasteiger partial charge in [0.15, 0.2) is 0 Å². The van der Waals surface area contributed by atoms with Crippen LogP contribution in [0.2, 0.25) is 0 Å². The Morgan fingerprint density at radius 1 is 1.05 bits per heavy atom. The molecule has 102 valence electrons. The van der Waals surface area contributed by atoms with Crippen LogP contribution >= 0.6 is 11.6 Å². The maximum absolute atomic E-state index is 6.33. The van der Waals surface area contributed by atoms with Gasteiger partial charge < -0.3 is 0 Å². The van der Waals surface area contributed by atoms with Crippen LogP contribution in [0.5, 0.6) is 0 Å². The van der Waals surface area contributed by atoms with Crippen molar-refractivity contribution in [2.45, 2.75) is 26.1 Å². The lowest BCUT2D eigenvalue weighted by atomic mass is 10.2. The average Bonchev–Trinajstić information content (AvgIpc) is 2.77. The summed E-state index contributed by atoms with van der Waals surface area (Å²) in [6.45, 7) is 6.15. The van der Waals surface area contributed by atoms with E-state index in [-0.39, 0.29) is 5.38 Å². The minimum Gasteiger partial charge on any atom is -0.295 e. The predicted octanol–water partition coefficient (Wildman–Crippen LogP) is 4.94. The van der Waals surface area contributed by atoms with Gasteiger partial charge >= 0.3 is 0 Å². The number of imidazole rings is 1. The first-order valence-corrected chi connectivity index (χ1v) is 7.20. The third-order valence-corrected chi connectivity index (χ3v) is 3.65. The number of rotatable bonds is 2. The molecule has 1 aromatic heterocycles. The molecule has 3 heteroatoms. The van der Waals surface area contributed by atoms with Crippen LogP contribution in [0.1, 0.15) is 29.3 Å². The molecule has 2 nitrogen and oxygen atoms in total. The smallest absolute Gasteiger partial charge is 0.132 e. The number of halogens is 1. The van der Waals surface area contributed by atoms with Crippen LogP contribution in [0, 0.1) is 13.8 Å². The van der Waals surface area contributed by atoms with Crippen molar-refractivity contribution in [1.82, 2.24) is 9.55 Å². The molecule has 0 fully saturated rings. The molecule has 0 aliphatic heterocycles. The van der Waals surface area contributed by atoms with Crippen molar-refractivity contribution in [3.05, 3.63) is 59.4 Å². The van der Waals surface area contributed by atoms with Crippen LogP contribution in [0.3, 0.4) is 0 Å². The molecule has 0 N–H and O–H groups in total. The highest BCUT2D eigenvalue weighted by atomic mass is 35.5. The quantitative estimate of drug-likeness (QED) is 0.609. The number of benzene rings is 2. The Bertz CT molecular complexity index is 772. The summed E-state index contributed by atoms with van der Waals surface area (Å²) >= 11 is 6.33. The molecule has 1 unspecified atom stereocenters. The molecule has 3 aromatic rings. The van der Waals surface area contributed by atoms with E-state index in [2.05, 4.69) is 60.9 Å². The Kier molecular flexibility index (Phi) is 3.27. The van der Waals surface area contributed by atoms with E-state index in [1.54, 1.807) is 0 Å². The van der Waals surface area contributed by atoms with Gasteiger partial charge in [-0.2, -0.15) is 0 Å². The molecule has 0 saturated carbocycles. The summed E-state index contributed by atoms with van der Waals surface area (Å²) in [5.74, 6) is 0.887. The highest BCUT2D eigenvalue weighted by molar-refractivity contribution is 6.20. The molecular weight excluding hydrogens is 268 g/mol. The molecular formula is C17H17ClN2. The van der Waals surface area contributed by atoms with Crippen molar-refractivity contribution in [3.63, 3.8) is 0 Å². The second-order valence-corrected chi connectivity index (χ2v) is 5.91. The predicted molar refractivity (Wildman–Crippen MR) is 84.8 cm³/mol. The Labute approximate surface area is 124 Å². The Morgan fingerprint density at radius 2 is 1.80 bits per heavy atom. The second kappa shape index (κ2) is 4.95. The van der Waals surface area contributed by atoms with E-state index < -0.39 is 0 Å². The van der Waals surface area contributed by atoms with Crippen LogP contribution in [0.4, 0.5) is 0 Å². The highest BCUT2D eigenvalue weighted by Crippen LogP contribution is 2.28. The maximum Gasteiger partial charge on any atom is 0.132 e. The third-order valence-electron chi connectivity index (χ3n) is 3.45. The lowest BCUT2D eigenvalue weighted by Crippen LogP contribution is -2.02. The number of hydrogen-bond acceptors (Lipinski definition) is 1.